The van der Waals surface area contributed by atoms with E-state index in [9.17, 15) is 14.5 Å². The summed E-state index contributed by atoms with van der Waals surface area (Å²) in [5.74, 6) is -1.08. The third kappa shape index (κ3) is 2.96. The van der Waals surface area contributed by atoms with E-state index >= 15 is 0 Å². The van der Waals surface area contributed by atoms with Crippen LogP contribution in [0.3, 0.4) is 0 Å². The Bertz CT molecular complexity index is 656. The van der Waals surface area contributed by atoms with Crippen LogP contribution in [0.15, 0.2) is 29.0 Å². The van der Waals surface area contributed by atoms with Crippen molar-refractivity contribution in [1.82, 2.24) is 9.97 Å². The second-order valence-corrected chi connectivity index (χ2v) is 4.41. The van der Waals surface area contributed by atoms with Crippen LogP contribution in [0.2, 0.25) is 5.15 Å². The maximum absolute atomic E-state index is 13.6. The molecule has 19 heavy (non-hydrogen) atoms. The fourth-order valence-electron chi connectivity index (χ4n) is 1.19. The Morgan fingerprint density at radius 3 is 2.79 bits per heavy atom. The van der Waals surface area contributed by atoms with Gasteiger partial charge in [-0.1, -0.05) is 11.6 Å². The molecule has 2 rings (SSSR count). The quantitative estimate of drug-likeness (QED) is 0.480. The number of nitro benzene ring substituents is 1. The number of halogens is 3. The molecule has 0 N–H and O–H groups in total. The van der Waals surface area contributed by atoms with E-state index in [1.165, 1.54) is 0 Å². The first-order valence-corrected chi connectivity index (χ1v) is 5.94. The topological polar surface area (TPSA) is 78.2 Å². The van der Waals surface area contributed by atoms with E-state index in [0.29, 0.717) is 0 Å². The number of aromatic nitrogens is 2. The molecule has 0 spiro atoms. The Hall–Kier alpha value is -1.80. The van der Waals surface area contributed by atoms with E-state index in [0.717, 1.165) is 24.5 Å². The summed E-state index contributed by atoms with van der Waals surface area (Å²) in [6.45, 7) is 0. The molecular formula is C10H4BrClFN3O3. The molecule has 0 saturated carbocycles. The fraction of sp³-hybridized carbons (Fsp3) is 0. The molecule has 1 aromatic heterocycles. The lowest BCUT2D eigenvalue weighted by Crippen LogP contribution is -1.95. The minimum atomic E-state index is -0.879. The summed E-state index contributed by atoms with van der Waals surface area (Å²) in [7, 11) is 0. The third-order valence-electron chi connectivity index (χ3n) is 2.05. The van der Waals surface area contributed by atoms with E-state index < -0.39 is 10.7 Å². The summed E-state index contributed by atoms with van der Waals surface area (Å²) in [5.41, 5.74) is -0.371. The summed E-state index contributed by atoms with van der Waals surface area (Å²) in [4.78, 5) is 17.2. The van der Waals surface area contributed by atoms with Crippen LogP contribution in [0.4, 0.5) is 10.1 Å². The third-order valence-corrected chi connectivity index (χ3v) is 3.28. The summed E-state index contributed by atoms with van der Waals surface area (Å²) in [6, 6.07) is 3.01. The van der Waals surface area contributed by atoms with Crippen molar-refractivity contribution in [3.8, 4) is 11.6 Å². The van der Waals surface area contributed by atoms with Crippen molar-refractivity contribution in [2.75, 3.05) is 0 Å². The minimum Gasteiger partial charge on any atom is -0.435 e. The average Bonchev–Trinajstić information content (AvgIpc) is 2.37. The van der Waals surface area contributed by atoms with Crippen molar-refractivity contribution in [1.29, 1.82) is 0 Å². The highest BCUT2D eigenvalue weighted by atomic mass is 79.9. The maximum atomic E-state index is 13.6. The van der Waals surface area contributed by atoms with Gasteiger partial charge in [0.05, 0.1) is 11.0 Å². The lowest BCUT2D eigenvalue weighted by Gasteiger charge is -2.07. The number of hydrogen-bond acceptors (Lipinski definition) is 5. The molecule has 98 valence electrons. The van der Waals surface area contributed by atoms with E-state index in [1.54, 1.807) is 0 Å². The first-order valence-electron chi connectivity index (χ1n) is 4.77. The molecule has 0 fully saturated rings. The Balaban J connectivity index is 2.34. The second-order valence-electron chi connectivity index (χ2n) is 3.26. The van der Waals surface area contributed by atoms with E-state index in [2.05, 4.69) is 25.9 Å². The van der Waals surface area contributed by atoms with Crippen molar-refractivity contribution in [3.63, 3.8) is 0 Å². The van der Waals surface area contributed by atoms with Gasteiger partial charge in [-0.25, -0.2) is 14.4 Å². The largest absolute Gasteiger partial charge is 0.435 e. The molecule has 0 bridgehead atoms. The molecule has 1 aromatic carbocycles. The van der Waals surface area contributed by atoms with Crippen LogP contribution in [0.5, 0.6) is 11.6 Å². The van der Waals surface area contributed by atoms with Crippen LogP contribution in [-0.4, -0.2) is 14.9 Å². The SMILES string of the molecule is O=[N+]([O-])c1ccc(Oc2ncnc(Cl)c2Br)c(F)c1. The normalized spacial score (nSPS) is 10.3. The predicted molar refractivity (Wildman–Crippen MR) is 67.9 cm³/mol. The molecule has 0 aliphatic rings. The molecule has 0 aliphatic carbocycles. The zero-order chi connectivity index (χ0) is 14.0. The molecule has 0 radical (unpaired) electrons. The fourth-order valence-corrected chi connectivity index (χ4v) is 1.61. The molecule has 1 heterocycles. The molecule has 0 saturated heterocycles. The van der Waals surface area contributed by atoms with Crippen LogP contribution in [0.25, 0.3) is 0 Å². The Morgan fingerprint density at radius 1 is 1.42 bits per heavy atom. The number of hydrogen-bond donors (Lipinski definition) is 0. The van der Waals surface area contributed by atoms with Gasteiger partial charge in [-0.05, 0) is 22.0 Å². The van der Waals surface area contributed by atoms with Crippen molar-refractivity contribution < 1.29 is 14.1 Å². The lowest BCUT2D eigenvalue weighted by molar-refractivity contribution is -0.385. The van der Waals surface area contributed by atoms with Gasteiger partial charge in [0.15, 0.2) is 16.7 Å². The number of benzene rings is 1. The number of nitro groups is 1. The molecule has 0 atom stereocenters. The average molecular weight is 349 g/mol. The van der Waals surface area contributed by atoms with Crippen LogP contribution >= 0.6 is 27.5 Å². The zero-order valence-corrected chi connectivity index (χ0v) is 11.4. The summed E-state index contributed by atoms with van der Waals surface area (Å²) >= 11 is 8.81. The first kappa shape index (κ1) is 13.6. The van der Waals surface area contributed by atoms with Crippen molar-refractivity contribution in [2.45, 2.75) is 0 Å². The monoisotopic (exact) mass is 347 g/mol. The van der Waals surface area contributed by atoms with Gasteiger partial charge in [-0.15, -0.1) is 0 Å². The number of ether oxygens (including phenoxy) is 1. The smallest absolute Gasteiger partial charge is 0.272 e. The lowest BCUT2D eigenvalue weighted by atomic mass is 10.3. The first-order chi connectivity index (χ1) is 8.99. The van der Waals surface area contributed by atoms with E-state index in [-0.39, 0.29) is 26.9 Å². The van der Waals surface area contributed by atoms with Gasteiger partial charge in [0.25, 0.3) is 5.69 Å². The Kier molecular flexibility index (Phi) is 3.91. The van der Waals surface area contributed by atoms with Crippen molar-refractivity contribution in [2.24, 2.45) is 0 Å². The van der Waals surface area contributed by atoms with Crippen LogP contribution in [0, 0.1) is 15.9 Å². The minimum absolute atomic E-state index is 0.00718. The standard InChI is InChI=1S/C10H4BrClFN3O3/c11-8-9(12)14-4-15-10(8)19-7-2-1-5(16(17)18)3-6(7)13/h1-4H. The molecular weight excluding hydrogens is 344 g/mol. The highest BCUT2D eigenvalue weighted by Crippen LogP contribution is 2.33. The van der Waals surface area contributed by atoms with Gasteiger partial charge in [-0.2, -0.15) is 0 Å². The van der Waals surface area contributed by atoms with Gasteiger partial charge in [0, 0.05) is 6.07 Å². The zero-order valence-electron chi connectivity index (χ0n) is 9.01. The van der Waals surface area contributed by atoms with Crippen molar-refractivity contribution >= 4 is 33.2 Å². The van der Waals surface area contributed by atoms with Crippen molar-refractivity contribution in [3.05, 3.63) is 50.1 Å². The molecule has 2 aromatic rings. The summed E-state index contributed by atoms with van der Waals surface area (Å²) in [6.07, 6.45) is 1.14. The van der Waals surface area contributed by atoms with Crippen LogP contribution < -0.4 is 4.74 Å². The van der Waals surface area contributed by atoms with Gasteiger partial charge in [-0.3, -0.25) is 10.1 Å². The highest BCUT2D eigenvalue weighted by molar-refractivity contribution is 9.10. The number of nitrogens with zero attached hydrogens (tertiary/aromatic N) is 3. The second kappa shape index (κ2) is 5.45. The van der Waals surface area contributed by atoms with Gasteiger partial charge >= 0.3 is 0 Å². The summed E-state index contributed by atoms with van der Waals surface area (Å²) < 4.78 is 19.0. The van der Waals surface area contributed by atoms with Gasteiger partial charge in [0.1, 0.15) is 10.8 Å². The highest BCUT2D eigenvalue weighted by Gasteiger charge is 2.15. The van der Waals surface area contributed by atoms with E-state index in [4.69, 9.17) is 16.3 Å². The van der Waals surface area contributed by atoms with Crippen LogP contribution in [0.1, 0.15) is 0 Å². The maximum Gasteiger partial charge on any atom is 0.272 e. The van der Waals surface area contributed by atoms with E-state index in [1.807, 2.05) is 0 Å². The Labute approximate surface area is 119 Å². The molecule has 0 aliphatic heterocycles. The van der Waals surface area contributed by atoms with Gasteiger partial charge in [0.2, 0.25) is 5.88 Å². The molecule has 6 nitrogen and oxygen atoms in total. The Morgan fingerprint density at radius 2 is 2.16 bits per heavy atom. The molecule has 0 unspecified atom stereocenters. The van der Waals surface area contributed by atoms with Crippen LogP contribution in [-0.2, 0) is 0 Å². The predicted octanol–water partition coefficient (Wildman–Crippen LogP) is 3.73. The summed E-state index contributed by atoms with van der Waals surface area (Å²) in [5, 5.41) is 10.6. The molecule has 9 heteroatoms. The number of non-ortho nitro benzene ring substituents is 1. The van der Waals surface area contributed by atoms with Gasteiger partial charge < -0.3 is 4.74 Å². The molecule has 0 amide bonds. The number of rotatable bonds is 3.